The van der Waals surface area contributed by atoms with Crippen LogP contribution in [0.5, 0.6) is 0 Å². The molecule has 0 aliphatic carbocycles. The zero-order valence-corrected chi connectivity index (χ0v) is 16.0. The number of nitrogens with zero attached hydrogens (tertiary/aromatic N) is 1. The number of hydrogen-bond acceptors (Lipinski definition) is 4. The van der Waals surface area contributed by atoms with E-state index in [9.17, 15) is 10.2 Å². The first-order valence-corrected chi connectivity index (χ1v) is 8.49. The summed E-state index contributed by atoms with van der Waals surface area (Å²) in [6.45, 7) is 6.75. The molecule has 6 heteroatoms. The molecule has 138 valence electrons. The lowest BCUT2D eigenvalue weighted by Gasteiger charge is -2.45. The van der Waals surface area contributed by atoms with Crippen LogP contribution >= 0.6 is 24.8 Å². The lowest BCUT2D eigenvalue weighted by atomic mass is 9.74. The summed E-state index contributed by atoms with van der Waals surface area (Å²) < 4.78 is 0. The van der Waals surface area contributed by atoms with Crippen LogP contribution in [0.1, 0.15) is 42.9 Å². The van der Waals surface area contributed by atoms with Crippen LogP contribution in [0, 0.1) is 5.41 Å². The van der Waals surface area contributed by atoms with Gasteiger partial charge in [-0.25, -0.2) is 0 Å². The third-order valence-electron chi connectivity index (χ3n) is 5.33. The van der Waals surface area contributed by atoms with Gasteiger partial charge < -0.3 is 15.5 Å². The average Bonchev–Trinajstić information content (AvgIpc) is 2.98. The number of halogens is 2. The van der Waals surface area contributed by atoms with Crippen molar-refractivity contribution in [2.75, 3.05) is 19.7 Å². The van der Waals surface area contributed by atoms with Gasteiger partial charge in [0.25, 0.3) is 0 Å². The molecule has 1 saturated heterocycles. The fraction of sp³-hybridized carbons (Fsp3) is 0.667. The third kappa shape index (κ3) is 4.43. The molecule has 1 aromatic rings. The monoisotopic (exact) mass is 376 g/mol. The minimum atomic E-state index is -0.377. The maximum Gasteiger partial charge on any atom is 0.0642 e. The molecule has 3 rings (SSSR count). The van der Waals surface area contributed by atoms with Crippen LogP contribution in [0.25, 0.3) is 0 Å². The van der Waals surface area contributed by atoms with Gasteiger partial charge in [-0.05, 0) is 29.5 Å². The zero-order chi connectivity index (χ0) is 15.6. The van der Waals surface area contributed by atoms with Gasteiger partial charge in [0.1, 0.15) is 0 Å². The minimum absolute atomic E-state index is 0. The van der Waals surface area contributed by atoms with E-state index in [0.29, 0.717) is 0 Å². The van der Waals surface area contributed by atoms with E-state index < -0.39 is 0 Å². The molecule has 1 aromatic carbocycles. The molecule has 0 spiro atoms. The summed E-state index contributed by atoms with van der Waals surface area (Å²) in [5.41, 5.74) is 3.82. The largest absolute Gasteiger partial charge is 0.396 e. The quantitative estimate of drug-likeness (QED) is 0.738. The number of benzene rings is 1. The highest BCUT2D eigenvalue weighted by Crippen LogP contribution is 2.35. The lowest BCUT2D eigenvalue weighted by molar-refractivity contribution is -0.0819. The fourth-order valence-corrected chi connectivity index (χ4v) is 4.06. The van der Waals surface area contributed by atoms with Crippen molar-refractivity contribution in [3.63, 3.8) is 0 Å². The van der Waals surface area contributed by atoms with Gasteiger partial charge in [0.05, 0.1) is 12.7 Å². The van der Waals surface area contributed by atoms with E-state index in [2.05, 4.69) is 35.3 Å². The van der Waals surface area contributed by atoms with Crippen molar-refractivity contribution in [2.24, 2.45) is 5.41 Å². The Morgan fingerprint density at radius 3 is 2.71 bits per heavy atom. The van der Waals surface area contributed by atoms with E-state index in [1.165, 1.54) is 16.7 Å². The second-order valence-electron chi connectivity index (χ2n) is 6.99. The highest BCUT2D eigenvalue weighted by molar-refractivity contribution is 5.85. The van der Waals surface area contributed by atoms with Gasteiger partial charge >= 0.3 is 0 Å². The Kier molecular flexibility index (Phi) is 8.46. The molecule has 4 nitrogen and oxygen atoms in total. The summed E-state index contributed by atoms with van der Waals surface area (Å²) in [5.74, 6) is 0. The summed E-state index contributed by atoms with van der Waals surface area (Å²) in [5, 5.41) is 23.6. The van der Waals surface area contributed by atoms with Crippen LogP contribution in [0.3, 0.4) is 0 Å². The highest BCUT2D eigenvalue weighted by atomic mass is 35.5. The van der Waals surface area contributed by atoms with Crippen molar-refractivity contribution >= 4 is 24.8 Å². The highest BCUT2D eigenvalue weighted by Gasteiger charge is 2.41. The molecule has 2 heterocycles. The number of piperidine rings is 1. The molecular formula is C18H30Cl2N2O2. The topological polar surface area (TPSA) is 55.7 Å². The minimum Gasteiger partial charge on any atom is -0.396 e. The van der Waals surface area contributed by atoms with E-state index in [4.69, 9.17) is 0 Å². The predicted molar refractivity (Wildman–Crippen MR) is 102 cm³/mol. The molecule has 0 bridgehead atoms. The fourth-order valence-electron chi connectivity index (χ4n) is 4.06. The Hall–Kier alpha value is -0.360. The lowest BCUT2D eigenvalue weighted by Crippen LogP contribution is -2.53. The molecule has 0 aromatic heterocycles. The summed E-state index contributed by atoms with van der Waals surface area (Å²) in [4.78, 5) is 2.39. The SMILES string of the molecule is CCC[C@@]1(CO)CN(Cc2ccc3c(c2)CNC3)CC[C@@H]1O.Cl.Cl. The van der Waals surface area contributed by atoms with Crippen LogP contribution in [0.15, 0.2) is 18.2 Å². The van der Waals surface area contributed by atoms with Crippen molar-refractivity contribution in [3.05, 3.63) is 34.9 Å². The maximum atomic E-state index is 10.4. The average molecular weight is 377 g/mol. The Morgan fingerprint density at radius 2 is 2.00 bits per heavy atom. The van der Waals surface area contributed by atoms with Crippen molar-refractivity contribution in [1.29, 1.82) is 0 Å². The number of aliphatic hydroxyl groups excluding tert-OH is 2. The van der Waals surface area contributed by atoms with E-state index in [-0.39, 0.29) is 42.9 Å². The molecule has 3 N–H and O–H groups in total. The van der Waals surface area contributed by atoms with Crippen LogP contribution in [-0.4, -0.2) is 40.9 Å². The molecule has 2 atom stereocenters. The predicted octanol–water partition coefficient (Wildman–Crippen LogP) is 2.48. The molecule has 24 heavy (non-hydrogen) atoms. The van der Waals surface area contributed by atoms with Crippen molar-refractivity contribution in [1.82, 2.24) is 10.2 Å². The van der Waals surface area contributed by atoms with Gasteiger partial charge in [-0.1, -0.05) is 31.5 Å². The van der Waals surface area contributed by atoms with Crippen LogP contribution < -0.4 is 5.32 Å². The Balaban J connectivity index is 0.00000144. The molecule has 2 aliphatic rings. The number of rotatable bonds is 5. The van der Waals surface area contributed by atoms with Crippen LogP contribution in [0.2, 0.25) is 0 Å². The number of fused-ring (bicyclic) bond motifs is 1. The second-order valence-corrected chi connectivity index (χ2v) is 6.99. The Bertz CT molecular complexity index is 530. The zero-order valence-electron chi connectivity index (χ0n) is 14.3. The summed E-state index contributed by atoms with van der Waals surface area (Å²) in [6.07, 6.45) is 2.26. The first-order chi connectivity index (χ1) is 10.7. The maximum absolute atomic E-state index is 10.4. The van der Waals surface area contributed by atoms with Gasteiger partial charge in [0.15, 0.2) is 0 Å². The number of hydrogen-bond donors (Lipinski definition) is 3. The van der Waals surface area contributed by atoms with E-state index in [0.717, 1.165) is 52.0 Å². The first-order valence-electron chi connectivity index (χ1n) is 8.49. The molecule has 1 fully saturated rings. The van der Waals surface area contributed by atoms with E-state index in [1.54, 1.807) is 0 Å². The number of nitrogens with one attached hydrogen (secondary N) is 1. The van der Waals surface area contributed by atoms with Gasteiger partial charge in [0, 0.05) is 38.1 Å². The summed E-state index contributed by atoms with van der Waals surface area (Å²) in [6, 6.07) is 6.76. The van der Waals surface area contributed by atoms with Gasteiger partial charge in [0.2, 0.25) is 0 Å². The molecule has 2 aliphatic heterocycles. The number of likely N-dealkylation sites (tertiary alicyclic amines) is 1. The summed E-state index contributed by atoms with van der Waals surface area (Å²) >= 11 is 0. The Labute approximate surface area is 157 Å². The van der Waals surface area contributed by atoms with Crippen molar-refractivity contribution in [2.45, 2.75) is 51.9 Å². The van der Waals surface area contributed by atoms with E-state index >= 15 is 0 Å². The van der Waals surface area contributed by atoms with Crippen LogP contribution in [0.4, 0.5) is 0 Å². The number of aliphatic hydroxyl groups is 2. The molecule has 0 radical (unpaired) electrons. The van der Waals surface area contributed by atoms with Gasteiger partial charge in [-0.3, -0.25) is 4.90 Å². The first kappa shape index (κ1) is 21.7. The van der Waals surface area contributed by atoms with Crippen molar-refractivity contribution < 1.29 is 10.2 Å². The van der Waals surface area contributed by atoms with E-state index in [1.807, 2.05) is 0 Å². The normalized spacial score (nSPS) is 26.4. The third-order valence-corrected chi connectivity index (χ3v) is 5.33. The molecule has 0 unspecified atom stereocenters. The second kappa shape index (κ2) is 9.37. The summed E-state index contributed by atoms with van der Waals surface area (Å²) in [7, 11) is 0. The van der Waals surface area contributed by atoms with Gasteiger partial charge in [-0.2, -0.15) is 0 Å². The molecule has 0 saturated carbocycles. The van der Waals surface area contributed by atoms with Crippen molar-refractivity contribution in [3.8, 4) is 0 Å². The standard InChI is InChI=1S/C18H28N2O2.2ClH/c1-2-6-18(13-21)12-20(7-5-17(18)22)11-14-3-4-15-9-19-10-16(15)8-14;;/h3-4,8,17,19,21-22H,2,5-7,9-13H2,1H3;2*1H/t17-,18-;;/m0../s1. The molecular weight excluding hydrogens is 347 g/mol. The molecule has 0 amide bonds. The Morgan fingerprint density at radius 1 is 1.25 bits per heavy atom. The van der Waals surface area contributed by atoms with Crippen LogP contribution in [-0.2, 0) is 19.6 Å². The van der Waals surface area contributed by atoms with Gasteiger partial charge in [-0.15, -0.1) is 24.8 Å². The smallest absolute Gasteiger partial charge is 0.0642 e.